The van der Waals surface area contributed by atoms with Crippen molar-refractivity contribution in [2.45, 2.75) is 27.7 Å². The molecule has 0 aliphatic carbocycles. The van der Waals surface area contributed by atoms with Gasteiger partial charge in [0, 0.05) is 23.4 Å². The van der Waals surface area contributed by atoms with E-state index in [9.17, 15) is 0 Å². The van der Waals surface area contributed by atoms with Gasteiger partial charge in [0.25, 0.3) is 0 Å². The molecule has 1 N–H and O–H groups in total. The number of methoxy groups -OCH3 is 1. The maximum absolute atomic E-state index is 5.29. The van der Waals surface area contributed by atoms with Crippen LogP contribution < -0.4 is 10.1 Å². The lowest BCUT2D eigenvalue weighted by Crippen LogP contribution is -2.06. The minimum absolute atomic E-state index is 0.745. The van der Waals surface area contributed by atoms with Gasteiger partial charge in [-0.1, -0.05) is 0 Å². The van der Waals surface area contributed by atoms with E-state index in [-0.39, 0.29) is 0 Å². The van der Waals surface area contributed by atoms with E-state index in [4.69, 9.17) is 4.74 Å². The van der Waals surface area contributed by atoms with E-state index in [1.54, 1.807) is 7.11 Å². The normalized spacial score (nSPS) is 10.4. The predicted molar refractivity (Wildman–Crippen MR) is 82.4 cm³/mol. The average Bonchev–Trinajstić information content (AvgIpc) is 2.43. The minimum atomic E-state index is 0.745. The Kier molecular flexibility index (Phi) is 4.23. The Morgan fingerprint density at radius 3 is 2.50 bits per heavy atom. The summed E-state index contributed by atoms with van der Waals surface area (Å²) in [4.78, 5) is 9.22. The van der Waals surface area contributed by atoms with Crippen LogP contribution in [0.15, 0.2) is 18.2 Å². The molecule has 2 aromatic rings. The first-order valence-electron chi connectivity index (χ1n) is 6.81. The number of anilines is 1. The van der Waals surface area contributed by atoms with Crippen molar-refractivity contribution in [3.8, 4) is 17.1 Å². The summed E-state index contributed by atoms with van der Waals surface area (Å²) in [5.74, 6) is 2.53. The molecule has 0 amide bonds. The van der Waals surface area contributed by atoms with Crippen molar-refractivity contribution < 1.29 is 4.74 Å². The lowest BCUT2D eigenvalue weighted by atomic mass is 10.1. The van der Waals surface area contributed by atoms with Crippen molar-refractivity contribution in [3.63, 3.8) is 0 Å². The van der Waals surface area contributed by atoms with E-state index in [0.29, 0.717) is 0 Å². The summed E-state index contributed by atoms with van der Waals surface area (Å²) in [6, 6.07) is 6.00. The zero-order valence-electron chi connectivity index (χ0n) is 12.7. The highest BCUT2D eigenvalue weighted by atomic mass is 16.5. The summed E-state index contributed by atoms with van der Waals surface area (Å²) < 4.78 is 5.29. The van der Waals surface area contributed by atoms with Gasteiger partial charge in [-0.05, 0) is 51.5 Å². The number of rotatable bonds is 4. The van der Waals surface area contributed by atoms with Crippen molar-refractivity contribution in [3.05, 3.63) is 35.0 Å². The summed E-state index contributed by atoms with van der Waals surface area (Å²) in [7, 11) is 1.68. The van der Waals surface area contributed by atoms with E-state index in [0.717, 1.165) is 46.3 Å². The number of nitrogens with one attached hydrogen (secondary N) is 1. The molecule has 0 aliphatic heterocycles. The Bertz CT molecular complexity index is 623. The molecular formula is C16H21N3O. The van der Waals surface area contributed by atoms with Gasteiger partial charge in [-0.15, -0.1) is 0 Å². The second-order valence-electron chi connectivity index (χ2n) is 4.82. The molecule has 1 aromatic carbocycles. The standard InChI is InChI=1S/C16H21N3O/c1-6-17-15-11(3)12(4)18-16(19-15)13-7-8-14(20-5)10(2)9-13/h7-9H,6H2,1-5H3,(H,17,18,19). The van der Waals surface area contributed by atoms with E-state index >= 15 is 0 Å². The van der Waals surface area contributed by atoms with Gasteiger partial charge in [0.2, 0.25) is 0 Å². The molecule has 0 aliphatic rings. The first-order chi connectivity index (χ1) is 9.56. The first kappa shape index (κ1) is 14.3. The molecule has 4 heteroatoms. The van der Waals surface area contributed by atoms with Gasteiger partial charge >= 0.3 is 0 Å². The fourth-order valence-corrected chi connectivity index (χ4v) is 2.11. The third kappa shape index (κ3) is 2.74. The van der Waals surface area contributed by atoms with Gasteiger partial charge in [0.15, 0.2) is 5.82 Å². The Labute approximate surface area is 120 Å². The molecule has 0 saturated carbocycles. The summed E-state index contributed by atoms with van der Waals surface area (Å²) in [5, 5.41) is 3.29. The van der Waals surface area contributed by atoms with Crippen LogP contribution in [-0.2, 0) is 0 Å². The molecule has 20 heavy (non-hydrogen) atoms. The zero-order chi connectivity index (χ0) is 14.7. The molecule has 0 atom stereocenters. The van der Waals surface area contributed by atoms with Crippen molar-refractivity contribution in [1.82, 2.24) is 9.97 Å². The van der Waals surface area contributed by atoms with Crippen LogP contribution in [-0.4, -0.2) is 23.6 Å². The minimum Gasteiger partial charge on any atom is -0.496 e. The Morgan fingerprint density at radius 2 is 1.90 bits per heavy atom. The first-order valence-corrected chi connectivity index (χ1v) is 6.81. The number of hydrogen-bond donors (Lipinski definition) is 1. The zero-order valence-corrected chi connectivity index (χ0v) is 12.7. The molecule has 0 saturated heterocycles. The van der Waals surface area contributed by atoms with Crippen LogP contribution in [0.3, 0.4) is 0 Å². The van der Waals surface area contributed by atoms with Crippen LogP contribution in [0.25, 0.3) is 11.4 Å². The van der Waals surface area contributed by atoms with Gasteiger partial charge in [-0.3, -0.25) is 0 Å². The fourth-order valence-electron chi connectivity index (χ4n) is 2.11. The van der Waals surface area contributed by atoms with E-state index in [1.807, 2.05) is 32.9 Å². The summed E-state index contributed by atoms with van der Waals surface area (Å²) in [6.45, 7) is 8.98. The van der Waals surface area contributed by atoms with Crippen LogP contribution in [0, 0.1) is 20.8 Å². The molecular weight excluding hydrogens is 250 g/mol. The highest BCUT2D eigenvalue weighted by Crippen LogP contribution is 2.26. The third-order valence-corrected chi connectivity index (χ3v) is 3.39. The van der Waals surface area contributed by atoms with Gasteiger partial charge < -0.3 is 10.1 Å². The number of benzene rings is 1. The van der Waals surface area contributed by atoms with Crippen molar-refractivity contribution >= 4 is 5.82 Å². The van der Waals surface area contributed by atoms with E-state index in [2.05, 4.69) is 28.3 Å². The van der Waals surface area contributed by atoms with Crippen LogP contribution in [0.4, 0.5) is 5.82 Å². The second-order valence-corrected chi connectivity index (χ2v) is 4.82. The van der Waals surface area contributed by atoms with Crippen LogP contribution in [0.5, 0.6) is 5.75 Å². The highest BCUT2D eigenvalue weighted by molar-refractivity contribution is 5.62. The van der Waals surface area contributed by atoms with Crippen LogP contribution in [0.2, 0.25) is 0 Å². The fraction of sp³-hybridized carbons (Fsp3) is 0.375. The largest absolute Gasteiger partial charge is 0.496 e. The molecule has 1 heterocycles. The molecule has 1 aromatic heterocycles. The average molecular weight is 271 g/mol. The van der Waals surface area contributed by atoms with Crippen molar-refractivity contribution in [2.75, 3.05) is 19.0 Å². The number of nitrogens with zero attached hydrogens (tertiary/aromatic N) is 2. The topological polar surface area (TPSA) is 47.0 Å². The molecule has 0 unspecified atom stereocenters. The Hall–Kier alpha value is -2.10. The Morgan fingerprint density at radius 1 is 1.15 bits per heavy atom. The van der Waals surface area contributed by atoms with Crippen LogP contribution >= 0.6 is 0 Å². The summed E-state index contributed by atoms with van der Waals surface area (Å²) in [6.07, 6.45) is 0. The molecule has 0 radical (unpaired) electrons. The maximum atomic E-state index is 5.29. The molecule has 4 nitrogen and oxygen atoms in total. The molecule has 2 rings (SSSR count). The van der Waals surface area contributed by atoms with Gasteiger partial charge in [0.1, 0.15) is 11.6 Å². The number of ether oxygens (including phenoxy) is 1. The number of hydrogen-bond acceptors (Lipinski definition) is 4. The number of aryl methyl sites for hydroxylation is 2. The monoisotopic (exact) mass is 271 g/mol. The predicted octanol–water partition coefficient (Wildman–Crippen LogP) is 3.51. The molecule has 106 valence electrons. The second kappa shape index (κ2) is 5.90. The van der Waals surface area contributed by atoms with Crippen LogP contribution in [0.1, 0.15) is 23.7 Å². The highest BCUT2D eigenvalue weighted by Gasteiger charge is 2.10. The lowest BCUT2D eigenvalue weighted by molar-refractivity contribution is 0.412. The van der Waals surface area contributed by atoms with Crippen molar-refractivity contribution in [1.29, 1.82) is 0 Å². The quantitative estimate of drug-likeness (QED) is 0.924. The van der Waals surface area contributed by atoms with Gasteiger partial charge in [-0.25, -0.2) is 9.97 Å². The van der Waals surface area contributed by atoms with Gasteiger partial charge in [-0.2, -0.15) is 0 Å². The summed E-state index contributed by atoms with van der Waals surface area (Å²) in [5.41, 5.74) is 4.18. The third-order valence-electron chi connectivity index (χ3n) is 3.39. The van der Waals surface area contributed by atoms with Gasteiger partial charge in [0.05, 0.1) is 7.11 Å². The Balaban J connectivity index is 2.49. The molecule has 0 spiro atoms. The van der Waals surface area contributed by atoms with E-state index in [1.165, 1.54) is 0 Å². The maximum Gasteiger partial charge on any atom is 0.161 e. The SMILES string of the molecule is CCNc1nc(-c2ccc(OC)c(C)c2)nc(C)c1C. The number of aromatic nitrogens is 2. The van der Waals surface area contributed by atoms with Crippen molar-refractivity contribution in [2.24, 2.45) is 0 Å². The van der Waals surface area contributed by atoms with E-state index < -0.39 is 0 Å². The summed E-state index contributed by atoms with van der Waals surface area (Å²) >= 11 is 0. The molecule has 0 bridgehead atoms. The molecule has 0 fully saturated rings. The lowest BCUT2D eigenvalue weighted by Gasteiger charge is -2.12. The smallest absolute Gasteiger partial charge is 0.161 e.